The van der Waals surface area contributed by atoms with Crippen molar-refractivity contribution < 1.29 is 0 Å². The Hall–Kier alpha value is -1.71. The van der Waals surface area contributed by atoms with Crippen LogP contribution in [-0.2, 0) is 0 Å². The van der Waals surface area contributed by atoms with Gasteiger partial charge in [-0.05, 0) is 34.5 Å². The van der Waals surface area contributed by atoms with E-state index >= 15 is 0 Å². The normalized spacial score (nSPS) is 12.1. The molecule has 0 aliphatic carbocycles. The zero-order chi connectivity index (χ0) is 12.3. The van der Waals surface area contributed by atoms with E-state index in [0.717, 1.165) is 5.56 Å². The Bertz CT molecular complexity index is 528. The van der Waals surface area contributed by atoms with Crippen LogP contribution in [0.2, 0.25) is 5.02 Å². The van der Waals surface area contributed by atoms with E-state index in [0.29, 0.717) is 16.3 Å². The average Bonchev–Trinajstić information content (AvgIpc) is 2.39. The largest absolute Gasteiger partial charge is 0.320 e. The van der Waals surface area contributed by atoms with Crippen LogP contribution < -0.4 is 5.73 Å². The van der Waals surface area contributed by atoms with Gasteiger partial charge in [0.25, 0.3) is 0 Å². The third kappa shape index (κ3) is 2.52. The maximum absolute atomic E-state index is 10.5. The standard InChI is InChI=1S/C13H11ClN2O/c14-12-7-6-10(16-17)8-11(12)13(15)9-4-2-1-3-5-9/h1-8,13H,15H2. The molecule has 2 aromatic rings. The molecule has 0 aliphatic rings. The minimum absolute atomic E-state index is 0.329. The van der Waals surface area contributed by atoms with Crippen molar-refractivity contribution in [3.63, 3.8) is 0 Å². The molecule has 2 rings (SSSR count). The summed E-state index contributed by atoms with van der Waals surface area (Å²) in [5.74, 6) is 0. The Morgan fingerprint density at radius 2 is 1.82 bits per heavy atom. The van der Waals surface area contributed by atoms with Gasteiger partial charge in [-0.25, -0.2) is 0 Å². The lowest BCUT2D eigenvalue weighted by Gasteiger charge is -2.14. The number of halogens is 1. The van der Waals surface area contributed by atoms with Gasteiger partial charge in [0.15, 0.2) is 0 Å². The molecule has 0 spiro atoms. The van der Waals surface area contributed by atoms with Gasteiger partial charge in [0.1, 0.15) is 5.69 Å². The topological polar surface area (TPSA) is 55.4 Å². The van der Waals surface area contributed by atoms with E-state index < -0.39 is 0 Å². The van der Waals surface area contributed by atoms with E-state index in [-0.39, 0.29) is 6.04 Å². The summed E-state index contributed by atoms with van der Waals surface area (Å²) in [4.78, 5) is 10.5. The van der Waals surface area contributed by atoms with Crippen LogP contribution in [-0.4, -0.2) is 0 Å². The van der Waals surface area contributed by atoms with E-state index in [1.54, 1.807) is 18.2 Å². The van der Waals surface area contributed by atoms with Crippen molar-refractivity contribution in [2.75, 3.05) is 0 Å². The Morgan fingerprint density at radius 1 is 1.12 bits per heavy atom. The molecule has 4 heteroatoms. The summed E-state index contributed by atoms with van der Waals surface area (Å²) in [7, 11) is 0. The van der Waals surface area contributed by atoms with E-state index in [2.05, 4.69) is 5.18 Å². The summed E-state index contributed by atoms with van der Waals surface area (Å²) in [6.45, 7) is 0. The number of benzene rings is 2. The van der Waals surface area contributed by atoms with Gasteiger partial charge >= 0.3 is 0 Å². The molecule has 2 aromatic carbocycles. The molecule has 0 saturated carbocycles. The first-order valence-corrected chi connectivity index (χ1v) is 5.53. The van der Waals surface area contributed by atoms with Gasteiger partial charge < -0.3 is 5.73 Å². The van der Waals surface area contributed by atoms with Crippen molar-refractivity contribution in [2.24, 2.45) is 10.9 Å². The summed E-state index contributed by atoms with van der Waals surface area (Å²) in [6, 6.07) is 14.0. The third-order valence-electron chi connectivity index (χ3n) is 2.58. The van der Waals surface area contributed by atoms with Gasteiger partial charge in [0, 0.05) is 5.02 Å². The van der Waals surface area contributed by atoms with Gasteiger partial charge in [-0.15, -0.1) is 4.91 Å². The summed E-state index contributed by atoms with van der Waals surface area (Å²) >= 11 is 6.07. The molecule has 0 amide bonds. The van der Waals surface area contributed by atoms with Crippen molar-refractivity contribution in [2.45, 2.75) is 6.04 Å². The number of nitrogens with two attached hydrogens (primary N) is 1. The lowest BCUT2D eigenvalue weighted by Crippen LogP contribution is -2.12. The van der Waals surface area contributed by atoms with Crippen LogP contribution in [0.5, 0.6) is 0 Å². The lowest BCUT2D eigenvalue weighted by atomic mass is 9.99. The zero-order valence-electron chi connectivity index (χ0n) is 9.01. The molecule has 17 heavy (non-hydrogen) atoms. The molecule has 0 radical (unpaired) electrons. The van der Waals surface area contributed by atoms with E-state index in [9.17, 15) is 4.91 Å². The SMILES string of the molecule is NC(c1ccccc1)c1cc(N=O)ccc1Cl. The van der Waals surface area contributed by atoms with Gasteiger partial charge in [-0.2, -0.15) is 0 Å². The molecule has 1 atom stereocenters. The predicted molar refractivity (Wildman–Crippen MR) is 69.4 cm³/mol. The first kappa shape index (κ1) is 11.8. The van der Waals surface area contributed by atoms with Crippen molar-refractivity contribution in [3.05, 3.63) is 69.6 Å². The highest BCUT2D eigenvalue weighted by Gasteiger charge is 2.13. The van der Waals surface area contributed by atoms with Crippen LogP contribution in [0.3, 0.4) is 0 Å². The number of hydrogen-bond donors (Lipinski definition) is 1. The molecule has 3 nitrogen and oxygen atoms in total. The molecule has 0 aliphatic heterocycles. The molecule has 1 unspecified atom stereocenters. The van der Waals surface area contributed by atoms with Gasteiger partial charge in [0.2, 0.25) is 0 Å². The second kappa shape index (κ2) is 5.08. The lowest BCUT2D eigenvalue weighted by molar-refractivity contribution is 0.872. The quantitative estimate of drug-likeness (QED) is 0.838. The highest BCUT2D eigenvalue weighted by molar-refractivity contribution is 6.31. The molecule has 0 bridgehead atoms. The molecule has 86 valence electrons. The summed E-state index contributed by atoms with van der Waals surface area (Å²) < 4.78 is 0. The van der Waals surface area contributed by atoms with Crippen LogP contribution in [0.25, 0.3) is 0 Å². The summed E-state index contributed by atoms with van der Waals surface area (Å²) in [5, 5.41) is 3.42. The number of nitrogens with zero attached hydrogens (tertiary/aromatic N) is 1. The molecule has 0 saturated heterocycles. The Morgan fingerprint density at radius 3 is 2.47 bits per heavy atom. The fourth-order valence-electron chi connectivity index (χ4n) is 1.67. The minimum Gasteiger partial charge on any atom is -0.320 e. The second-order valence-corrected chi connectivity index (χ2v) is 4.09. The first-order chi connectivity index (χ1) is 8.22. The van der Waals surface area contributed by atoms with Gasteiger partial charge in [-0.1, -0.05) is 41.9 Å². The van der Waals surface area contributed by atoms with E-state index in [1.165, 1.54) is 0 Å². The predicted octanol–water partition coefficient (Wildman–Crippen LogP) is 3.79. The molecule has 0 fully saturated rings. The highest BCUT2D eigenvalue weighted by Crippen LogP contribution is 2.29. The fraction of sp³-hybridized carbons (Fsp3) is 0.0769. The molecule has 2 N–H and O–H groups in total. The minimum atomic E-state index is -0.356. The second-order valence-electron chi connectivity index (χ2n) is 3.69. The maximum Gasteiger partial charge on any atom is 0.108 e. The number of hydrogen-bond acceptors (Lipinski definition) is 3. The monoisotopic (exact) mass is 246 g/mol. The average molecular weight is 247 g/mol. The van der Waals surface area contributed by atoms with Crippen molar-refractivity contribution in [3.8, 4) is 0 Å². The smallest absolute Gasteiger partial charge is 0.108 e. The molecule has 0 aromatic heterocycles. The number of rotatable bonds is 3. The Labute approximate surface area is 104 Å². The summed E-state index contributed by atoms with van der Waals surface area (Å²) in [5.41, 5.74) is 8.09. The van der Waals surface area contributed by atoms with Crippen molar-refractivity contribution >= 4 is 17.3 Å². The number of nitroso groups, excluding NO2 is 1. The highest BCUT2D eigenvalue weighted by atomic mass is 35.5. The van der Waals surface area contributed by atoms with Crippen LogP contribution >= 0.6 is 11.6 Å². The maximum atomic E-state index is 10.5. The van der Waals surface area contributed by atoms with Gasteiger partial charge in [-0.3, -0.25) is 0 Å². The first-order valence-electron chi connectivity index (χ1n) is 5.15. The van der Waals surface area contributed by atoms with E-state index in [1.807, 2.05) is 30.3 Å². The van der Waals surface area contributed by atoms with Crippen LogP contribution in [0, 0.1) is 4.91 Å². The Balaban J connectivity index is 2.43. The zero-order valence-corrected chi connectivity index (χ0v) is 9.76. The molecular formula is C13H11ClN2O. The van der Waals surface area contributed by atoms with Crippen LogP contribution in [0.1, 0.15) is 17.2 Å². The van der Waals surface area contributed by atoms with Crippen molar-refractivity contribution in [1.82, 2.24) is 0 Å². The Kier molecular flexibility index (Phi) is 3.52. The molecular weight excluding hydrogens is 236 g/mol. The van der Waals surface area contributed by atoms with E-state index in [4.69, 9.17) is 17.3 Å². The summed E-state index contributed by atoms with van der Waals surface area (Å²) in [6.07, 6.45) is 0. The fourth-order valence-corrected chi connectivity index (χ4v) is 1.90. The molecule has 0 heterocycles. The van der Waals surface area contributed by atoms with Crippen molar-refractivity contribution in [1.29, 1.82) is 0 Å². The van der Waals surface area contributed by atoms with Crippen LogP contribution in [0.15, 0.2) is 53.7 Å². The van der Waals surface area contributed by atoms with Gasteiger partial charge in [0.05, 0.1) is 6.04 Å². The van der Waals surface area contributed by atoms with Crippen LogP contribution in [0.4, 0.5) is 5.69 Å². The third-order valence-corrected chi connectivity index (χ3v) is 2.92.